The number of rotatable bonds is 7. The van der Waals surface area contributed by atoms with Crippen molar-refractivity contribution in [1.82, 2.24) is 5.32 Å². The van der Waals surface area contributed by atoms with Crippen LogP contribution in [0.5, 0.6) is 0 Å². The van der Waals surface area contributed by atoms with Crippen LogP contribution in [-0.4, -0.2) is 53.9 Å². The first kappa shape index (κ1) is 20.2. The van der Waals surface area contributed by atoms with Crippen LogP contribution in [0.1, 0.15) is 16.8 Å². The lowest BCUT2D eigenvalue weighted by Crippen LogP contribution is -2.58. The van der Waals surface area contributed by atoms with E-state index in [4.69, 9.17) is 9.47 Å². The van der Waals surface area contributed by atoms with Crippen molar-refractivity contribution in [3.8, 4) is 11.1 Å². The zero-order valence-electron chi connectivity index (χ0n) is 15.5. The Kier molecular flexibility index (Phi) is 6.95. The molecule has 4 atom stereocenters. The van der Waals surface area contributed by atoms with Gasteiger partial charge in [-0.05, 0) is 23.3 Å². The number of aliphatic hydroxyl groups excluding tert-OH is 2. The largest absolute Gasteiger partial charge is 0.394 e. The maximum absolute atomic E-state index is 12.8. The third-order valence-electron chi connectivity index (χ3n) is 4.65. The van der Waals surface area contributed by atoms with Crippen LogP contribution in [-0.2, 0) is 9.47 Å². The van der Waals surface area contributed by atoms with Crippen molar-refractivity contribution in [2.75, 3.05) is 13.2 Å². The molecule has 1 fully saturated rings. The van der Waals surface area contributed by atoms with Gasteiger partial charge >= 0.3 is 0 Å². The lowest BCUT2D eigenvalue weighted by Gasteiger charge is -2.39. The molecule has 6 heteroatoms. The zero-order chi connectivity index (χ0) is 19.9. The SMILES string of the molecule is C=CCOC1OC(CO)CC(O)C1NC(=O)c1cccc(-c2ccccc2)c1. The molecule has 1 aliphatic heterocycles. The lowest BCUT2D eigenvalue weighted by molar-refractivity contribution is -0.231. The fourth-order valence-corrected chi connectivity index (χ4v) is 3.22. The molecule has 2 aromatic rings. The Morgan fingerprint density at radius 2 is 1.96 bits per heavy atom. The van der Waals surface area contributed by atoms with Crippen LogP contribution in [0.25, 0.3) is 11.1 Å². The van der Waals surface area contributed by atoms with Gasteiger partial charge in [0.1, 0.15) is 6.04 Å². The van der Waals surface area contributed by atoms with Crippen LogP contribution < -0.4 is 5.32 Å². The quantitative estimate of drug-likeness (QED) is 0.638. The number of hydrogen-bond acceptors (Lipinski definition) is 5. The van der Waals surface area contributed by atoms with E-state index in [-0.39, 0.29) is 25.5 Å². The number of carbonyl (C=O) groups excluding carboxylic acids is 1. The Morgan fingerprint density at radius 3 is 2.68 bits per heavy atom. The first-order valence-corrected chi connectivity index (χ1v) is 9.25. The van der Waals surface area contributed by atoms with Crippen LogP contribution >= 0.6 is 0 Å². The highest BCUT2D eigenvalue weighted by atomic mass is 16.7. The summed E-state index contributed by atoms with van der Waals surface area (Å²) >= 11 is 0. The summed E-state index contributed by atoms with van der Waals surface area (Å²) < 4.78 is 11.2. The van der Waals surface area contributed by atoms with Crippen molar-refractivity contribution in [1.29, 1.82) is 0 Å². The second-order valence-electron chi connectivity index (χ2n) is 6.68. The highest BCUT2D eigenvalue weighted by Crippen LogP contribution is 2.23. The van der Waals surface area contributed by atoms with Crippen molar-refractivity contribution < 1.29 is 24.5 Å². The van der Waals surface area contributed by atoms with Crippen LogP contribution in [0.4, 0.5) is 0 Å². The van der Waals surface area contributed by atoms with Gasteiger partial charge in [0, 0.05) is 12.0 Å². The van der Waals surface area contributed by atoms with Crippen molar-refractivity contribution in [2.24, 2.45) is 0 Å². The van der Waals surface area contributed by atoms with E-state index in [2.05, 4.69) is 11.9 Å². The summed E-state index contributed by atoms with van der Waals surface area (Å²) in [6.07, 6.45) is -0.554. The second-order valence-corrected chi connectivity index (χ2v) is 6.68. The standard InChI is InChI=1S/C22H25NO5/c1-2-11-27-22-20(19(25)13-18(14-24)28-22)23-21(26)17-10-6-9-16(12-17)15-7-4-3-5-8-15/h2-10,12,18-20,22,24-25H,1,11,13-14H2,(H,23,26). The molecule has 0 spiro atoms. The van der Waals surface area contributed by atoms with Gasteiger partial charge in [0.05, 0.1) is 25.4 Å². The fraction of sp³-hybridized carbons (Fsp3) is 0.318. The summed E-state index contributed by atoms with van der Waals surface area (Å²) in [6, 6.07) is 16.3. The van der Waals surface area contributed by atoms with Gasteiger partial charge in [-0.15, -0.1) is 6.58 Å². The van der Waals surface area contributed by atoms with Gasteiger partial charge in [-0.1, -0.05) is 48.5 Å². The molecular formula is C22H25NO5. The molecule has 0 aliphatic carbocycles. The lowest BCUT2D eigenvalue weighted by atomic mass is 9.99. The van der Waals surface area contributed by atoms with Gasteiger partial charge < -0.3 is 25.0 Å². The third-order valence-corrected chi connectivity index (χ3v) is 4.65. The second kappa shape index (κ2) is 9.61. The average molecular weight is 383 g/mol. The summed E-state index contributed by atoms with van der Waals surface area (Å²) in [4.78, 5) is 12.8. The Balaban J connectivity index is 1.76. The minimum absolute atomic E-state index is 0.200. The molecule has 3 N–H and O–H groups in total. The van der Waals surface area contributed by atoms with E-state index in [1.807, 2.05) is 42.5 Å². The van der Waals surface area contributed by atoms with Crippen molar-refractivity contribution in [3.63, 3.8) is 0 Å². The maximum atomic E-state index is 12.8. The molecule has 0 bridgehead atoms. The molecule has 2 aromatic carbocycles. The minimum atomic E-state index is -0.901. The monoisotopic (exact) mass is 383 g/mol. The molecule has 28 heavy (non-hydrogen) atoms. The van der Waals surface area contributed by atoms with Crippen LogP contribution in [0.3, 0.4) is 0 Å². The minimum Gasteiger partial charge on any atom is -0.394 e. The molecule has 148 valence electrons. The topological polar surface area (TPSA) is 88.0 Å². The van der Waals surface area contributed by atoms with Crippen LogP contribution in [0, 0.1) is 0 Å². The summed E-state index contributed by atoms with van der Waals surface area (Å²) in [5, 5.41) is 22.6. The van der Waals surface area contributed by atoms with E-state index in [1.165, 1.54) is 0 Å². The van der Waals surface area contributed by atoms with E-state index < -0.39 is 24.5 Å². The van der Waals surface area contributed by atoms with Gasteiger partial charge in [-0.25, -0.2) is 0 Å². The molecule has 3 rings (SSSR count). The van der Waals surface area contributed by atoms with Crippen LogP contribution in [0.2, 0.25) is 0 Å². The number of aliphatic hydroxyl groups is 2. The molecule has 0 radical (unpaired) electrons. The normalized spacial score (nSPS) is 24.5. The van der Waals surface area contributed by atoms with Gasteiger partial charge in [-0.2, -0.15) is 0 Å². The van der Waals surface area contributed by atoms with Gasteiger partial charge in [0.25, 0.3) is 5.91 Å². The highest BCUT2D eigenvalue weighted by Gasteiger charge is 2.39. The Hall–Kier alpha value is -2.51. The van der Waals surface area contributed by atoms with Gasteiger partial charge in [-0.3, -0.25) is 4.79 Å². The molecule has 1 saturated heterocycles. The predicted octanol–water partition coefficient (Wildman–Crippen LogP) is 2.12. The van der Waals surface area contributed by atoms with E-state index in [0.717, 1.165) is 11.1 Å². The molecule has 4 unspecified atom stereocenters. The average Bonchev–Trinajstić information content (AvgIpc) is 2.74. The van der Waals surface area contributed by atoms with E-state index >= 15 is 0 Å². The molecular weight excluding hydrogens is 358 g/mol. The zero-order valence-corrected chi connectivity index (χ0v) is 15.5. The van der Waals surface area contributed by atoms with Crippen molar-refractivity contribution in [2.45, 2.75) is 31.0 Å². The van der Waals surface area contributed by atoms with Gasteiger partial charge in [0.2, 0.25) is 0 Å². The van der Waals surface area contributed by atoms with E-state index in [9.17, 15) is 15.0 Å². The van der Waals surface area contributed by atoms with E-state index in [0.29, 0.717) is 5.56 Å². The number of ether oxygens (including phenoxy) is 2. The summed E-state index contributed by atoms with van der Waals surface area (Å²) in [7, 11) is 0. The maximum Gasteiger partial charge on any atom is 0.251 e. The summed E-state index contributed by atoms with van der Waals surface area (Å²) in [5.74, 6) is -0.333. The first-order chi connectivity index (χ1) is 13.6. The summed E-state index contributed by atoms with van der Waals surface area (Å²) in [6.45, 7) is 3.56. The predicted molar refractivity (Wildman–Crippen MR) is 106 cm³/mol. The summed E-state index contributed by atoms with van der Waals surface area (Å²) in [5.41, 5.74) is 2.41. The number of amides is 1. The Labute approximate surface area is 164 Å². The molecule has 6 nitrogen and oxygen atoms in total. The highest BCUT2D eigenvalue weighted by molar-refractivity contribution is 5.95. The molecule has 0 aromatic heterocycles. The molecule has 1 aliphatic rings. The molecule has 0 saturated carbocycles. The van der Waals surface area contributed by atoms with Crippen LogP contribution in [0.15, 0.2) is 67.3 Å². The number of nitrogens with one attached hydrogen (secondary N) is 1. The van der Waals surface area contributed by atoms with Crippen molar-refractivity contribution >= 4 is 5.91 Å². The van der Waals surface area contributed by atoms with E-state index in [1.54, 1.807) is 18.2 Å². The first-order valence-electron chi connectivity index (χ1n) is 9.25. The third kappa shape index (κ3) is 4.85. The number of carbonyl (C=O) groups is 1. The van der Waals surface area contributed by atoms with Crippen molar-refractivity contribution in [3.05, 3.63) is 72.8 Å². The smallest absolute Gasteiger partial charge is 0.251 e. The Bertz CT molecular complexity index is 795. The molecule has 1 amide bonds. The number of benzene rings is 2. The molecule has 1 heterocycles. The van der Waals surface area contributed by atoms with Gasteiger partial charge in [0.15, 0.2) is 6.29 Å². The fourth-order valence-electron chi connectivity index (χ4n) is 3.22. The number of hydrogen-bond donors (Lipinski definition) is 3. The Morgan fingerprint density at radius 1 is 1.21 bits per heavy atom.